The van der Waals surface area contributed by atoms with Crippen molar-refractivity contribution in [2.75, 3.05) is 40.2 Å². The molecule has 0 aliphatic carbocycles. The van der Waals surface area contributed by atoms with E-state index in [0.29, 0.717) is 6.61 Å². The monoisotopic (exact) mass is 330 g/mol. The standard InChI is InChI=1S/C19H26N2O3/c1-14-11-16(6-7-17(14)20)24-10-9-21(2)13-15-5-8-18(22-3)19(12-15)23-4/h5-8,11-12H,9-10,13,20H2,1-4H3. The van der Waals surface area contributed by atoms with Gasteiger partial charge in [0.2, 0.25) is 0 Å². The maximum absolute atomic E-state index is 5.81. The van der Waals surface area contributed by atoms with Crippen LogP contribution in [0.1, 0.15) is 11.1 Å². The van der Waals surface area contributed by atoms with Gasteiger partial charge < -0.3 is 19.9 Å². The maximum atomic E-state index is 5.81. The molecule has 2 rings (SSSR count). The van der Waals surface area contributed by atoms with Crippen LogP contribution in [-0.2, 0) is 6.54 Å². The van der Waals surface area contributed by atoms with Crippen LogP contribution < -0.4 is 19.9 Å². The van der Waals surface area contributed by atoms with Gasteiger partial charge in [0, 0.05) is 18.8 Å². The summed E-state index contributed by atoms with van der Waals surface area (Å²) in [7, 11) is 5.35. The molecule has 5 nitrogen and oxygen atoms in total. The molecule has 0 unspecified atom stereocenters. The molecule has 2 aromatic rings. The van der Waals surface area contributed by atoms with Crippen molar-refractivity contribution in [3.63, 3.8) is 0 Å². The normalized spacial score (nSPS) is 10.7. The first kappa shape index (κ1) is 17.9. The van der Waals surface area contributed by atoms with Gasteiger partial charge in [-0.3, -0.25) is 4.90 Å². The van der Waals surface area contributed by atoms with Gasteiger partial charge in [-0.05, 0) is 55.4 Å². The molecule has 0 amide bonds. The summed E-state index contributed by atoms with van der Waals surface area (Å²) in [5, 5.41) is 0. The van der Waals surface area contributed by atoms with Crippen LogP contribution in [0.2, 0.25) is 0 Å². The summed E-state index contributed by atoms with van der Waals surface area (Å²) in [5.41, 5.74) is 8.80. The summed E-state index contributed by atoms with van der Waals surface area (Å²) in [6.07, 6.45) is 0. The van der Waals surface area contributed by atoms with E-state index in [1.165, 1.54) is 5.56 Å². The topological polar surface area (TPSA) is 57.0 Å². The first-order valence-corrected chi connectivity index (χ1v) is 7.92. The zero-order valence-electron chi connectivity index (χ0n) is 14.8. The average Bonchev–Trinajstić information content (AvgIpc) is 2.58. The van der Waals surface area contributed by atoms with E-state index in [1.807, 2.05) is 43.3 Å². The lowest BCUT2D eigenvalue weighted by Gasteiger charge is -2.18. The fraction of sp³-hybridized carbons (Fsp3) is 0.368. The van der Waals surface area contributed by atoms with Gasteiger partial charge in [-0.1, -0.05) is 6.07 Å². The van der Waals surface area contributed by atoms with Crippen molar-refractivity contribution >= 4 is 5.69 Å². The Kier molecular flexibility index (Phi) is 6.32. The number of methoxy groups -OCH3 is 2. The van der Waals surface area contributed by atoms with Gasteiger partial charge in [0.1, 0.15) is 12.4 Å². The lowest BCUT2D eigenvalue weighted by molar-refractivity contribution is 0.232. The summed E-state index contributed by atoms with van der Waals surface area (Å²) in [6.45, 7) is 4.22. The van der Waals surface area contributed by atoms with Crippen molar-refractivity contribution < 1.29 is 14.2 Å². The molecule has 2 N–H and O–H groups in total. The van der Waals surface area contributed by atoms with Gasteiger partial charge in [0.25, 0.3) is 0 Å². The second-order valence-electron chi connectivity index (χ2n) is 5.79. The zero-order chi connectivity index (χ0) is 17.5. The van der Waals surface area contributed by atoms with Crippen molar-refractivity contribution in [3.05, 3.63) is 47.5 Å². The fourth-order valence-electron chi connectivity index (χ4n) is 2.43. The van der Waals surface area contributed by atoms with Crippen molar-refractivity contribution in [3.8, 4) is 17.2 Å². The number of hydrogen-bond donors (Lipinski definition) is 1. The van der Waals surface area contributed by atoms with Crippen LogP contribution in [0.25, 0.3) is 0 Å². The summed E-state index contributed by atoms with van der Waals surface area (Å²) in [4.78, 5) is 2.20. The zero-order valence-corrected chi connectivity index (χ0v) is 14.8. The number of hydrogen-bond acceptors (Lipinski definition) is 5. The summed E-state index contributed by atoms with van der Waals surface area (Å²) in [6, 6.07) is 11.7. The largest absolute Gasteiger partial charge is 0.493 e. The van der Waals surface area contributed by atoms with Crippen LogP contribution in [-0.4, -0.2) is 39.3 Å². The molecular weight excluding hydrogens is 304 g/mol. The highest BCUT2D eigenvalue weighted by Gasteiger charge is 2.07. The smallest absolute Gasteiger partial charge is 0.161 e. The van der Waals surface area contributed by atoms with Crippen molar-refractivity contribution in [2.24, 2.45) is 0 Å². The molecule has 2 aromatic carbocycles. The highest BCUT2D eigenvalue weighted by molar-refractivity contribution is 5.49. The molecule has 0 aliphatic heterocycles. The van der Waals surface area contributed by atoms with Crippen molar-refractivity contribution in [1.82, 2.24) is 4.90 Å². The Bertz CT molecular complexity index is 674. The van der Waals surface area contributed by atoms with E-state index in [-0.39, 0.29) is 0 Å². The van der Waals surface area contributed by atoms with E-state index in [2.05, 4.69) is 11.9 Å². The molecule has 0 spiro atoms. The van der Waals surface area contributed by atoms with E-state index in [1.54, 1.807) is 14.2 Å². The quantitative estimate of drug-likeness (QED) is 0.754. The number of nitrogens with two attached hydrogens (primary N) is 1. The number of aryl methyl sites for hydroxylation is 1. The molecule has 0 fully saturated rings. The van der Waals surface area contributed by atoms with Crippen LogP contribution in [0.4, 0.5) is 5.69 Å². The minimum Gasteiger partial charge on any atom is -0.493 e. The Morgan fingerprint density at radius 2 is 1.75 bits per heavy atom. The van der Waals surface area contributed by atoms with E-state index in [9.17, 15) is 0 Å². The minimum absolute atomic E-state index is 0.618. The third-order valence-corrected chi connectivity index (χ3v) is 3.88. The summed E-state index contributed by atoms with van der Waals surface area (Å²) < 4.78 is 16.4. The molecular formula is C19H26N2O3. The molecule has 0 saturated heterocycles. The van der Waals surface area contributed by atoms with Gasteiger partial charge in [-0.25, -0.2) is 0 Å². The Morgan fingerprint density at radius 3 is 2.42 bits per heavy atom. The number of benzene rings is 2. The molecule has 24 heavy (non-hydrogen) atoms. The minimum atomic E-state index is 0.618. The van der Waals surface area contributed by atoms with Crippen molar-refractivity contribution in [1.29, 1.82) is 0 Å². The van der Waals surface area contributed by atoms with Gasteiger partial charge >= 0.3 is 0 Å². The Hall–Kier alpha value is -2.40. The molecule has 0 saturated carbocycles. The molecule has 5 heteroatoms. The third kappa shape index (κ3) is 4.80. The van der Waals surface area contributed by atoms with Crippen LogP contribution >= 0.6 is 0 Å². The van der Waals surface area contributed by atoms with E-state index >= 15 is 0 Å². The van der Waals surface area contributed by atoms with Gasteiger partial charge in [-0.2, -0.15) is 0 Å². The summed E-state index contributed by atoms with van der Waals surface area (Å²) in [5.74, 6) is 2.34. The molecule has 130 valence electrons. The number of anilines is 1. The molecule has 0 heterocycles. The lowest BCUT2D eigenvalue weighted by atomic mass is 10.2. The maximum Gasteiger partial charge on any atom is 0.161 e. The number of likely N-dealkylation sites (N-methyl/N-ethyl adjacent to an activating group) is 1. The molecule has 0 atom stereocenters. The first-order valence-electron chi connectivity index (χ1n) is 7.92. The molecule has 0 radical (unpaired) electrons. The average molecular weight is 330 g/mol. The van der Waals surface area contributed by atoms with Gasteiger partial charge in [0.05, 0.1) is 14.2 Å². The molecule has 0 bridgehead atoms. The number of rotatable bonds is 8. The van der Waals surface area contributed by atoms with E-state index in [4.69, 9.17) is 19.9 Å². The van der Waals surface area contributed by atoms with E-state index < -0.39 is 0 Å². The van der Waals surface area contributed by atoms with E-state index in [0.717, 1.165) is 41.6 Å². The third-order valence-electron chi connectivity index (χ3n) is 3.88. The van der Waals surface area contributed by atoms with Crippen LogP contribution in [0.5, 0.6) is 17.2 Å². The van der Waals surface area contributed by atoms with Gasteiger partial charge in [-0.15, -0.1) is 0 Å². The predicted octanol–water partition coefficient (Wildman–Crippen LogP) is 3.11. The van der Waals surface area contributed by atoms with Gasteiger partial charge in [0.15, 0.2) is 11.5 Å². The predicted molar refractivity (Wildman–Crippen MR) is 97.0 cm³/mol. The second-order valence-corrected chi connectivity index (χ2v) is 5.79. The Morgan fingerprint density at radius 1 is 1.00 bits per heavy atom. The van der Waals surface area contributed by atoms with Crippen LogP contribution in [0.15, 0.2) is 36.4 Å². The second kappa shape index (κ2) is 8.45. The number of nitrogens with zero attached hydrogens (tertiary/aromatic N) is 1. The Labute approximate surface area is 143 Å². The fourth-order valence-corrected chi connectivity index (χ4v) is 2.43. The summed E-state index contributed by atoms with van der Waals surface area (Å²) >= 11 is 0. The molecule has 0 aromatic heterocycles. The first-order chi connectivity index (χ1) is 11.5. The highest BCUT2D eigenvalue weighted by Crippen LogP contribution is 2.27. The lowest BCUT2D eigenvalue weighted by Crippen LogP contribution is -2.23. The number of ether oxygens (including phenoxy) is 3. The Balaban J connectivity index is 1.84. The molecule has 0 aliphatic rings. The number of nitrogen functional groups attached to an aromatic ring is 1. The van der Waals surface area contributed by atoms with Crippen LogP contribution in [0, 0.1) is 6.92 Å². The van der Waals surface area contributed by atoms with Crippen LogP contribution in [0.3, 0.4) is 0 Å². The van der Waals surface area contributed by atoms with Crippen molar-refractivity contribution in [2.45, 2.75) is 13.5 Å². The SMILES string of the molecule is COc1ccc(CN(C)CCOc2ccc(N)c(C)c2)cc1OC. The highest BCUT2D eigenvalue weighted by atomic mass is 16.5.